The van der Waals surface area contributed by atoms with Crippen LogP contribution in [-0.4, -0.2) is 105 Å². The molecule has 0 radical (unpaired) electrons. The van der Waals surface area contributed by atoms with Gasteiger partial charge in [0.25, 0.3) is 11.8 Å². The van der Waals surface area contributed by atoms with Crippen LogP contribution in [0.15, 0.2) is 76.3 Å². The van der Waals surface area contributed by atoms with Crippen molar-refractivity contribution in [2.24, 2.45) is 5.10 Å². The third kappa shape index (κ3) is 9.21. The van der Waals surface area contributed by atoms with Gasteiger partial charge in [0.1, 0.15) is 5.75 Å². The normalized spacial score (nSPS) is 16.0. The molecular formula is C33H37BrN6O5. The second kappa shape index (κ2) is 15.8. The number of ether oxygens (including phenoxy) is 2. The molecule has 5 rings (SSSR count). The van der Waals surface area contributed by atoms with Gasteiger partial charge in [-0.15, -0.1) is 0 Å². The molecule has 3 amide bonds. The fraction of sp³-hybridized carbons (Fsp3) is 0.333. The average molecular weight is 678 g/mol. The Labute approximate surface area is 271 Å². The largest absolute Gasteiger partial charge is 0.497 e. The van der Waals surface area contributed by atoms with Gasteiger partial charge < -0.3 is 19.7 Å². The van der Waals surface area contributed by atoms with Crippen LogP contribution in [0.5, 0.6) is 5.75 Å². The Kier molecular flexibility index (Phi) is 11.3. The number of amides is 3. The predicted molar refractivity (Wildman–Crippen MR) is 176 cm³/mol. The molecule has 0 bridgehead atoms. The molecule has 2 heterocycles. The highest BCUT2D eigenvalue weighted by molar-refractivity contribution is 9.10. The Bertz CT molecular complexity index is 1500. The molecule has 45 heavy (non-hydrogen) atoms. The van der Waals surface area contributed by atoms with Crippen LogP contribution >= 0.6 is 15.9 Å². The first-order valence-corrected chi connectivity index (χ1v) is 15.6. The summed E-state index contributed by atoms with van der Waals surface area (Å²) >= 11 is 3.40. The fourth-order valence-corrected chi connectivity index (χ4v) is 5.51. The maximum absolute atomic E-state index is 13.1. The molecule has 3 aromatic rings. The van der Waals surface area contributed by atoms with Crippen LogP contribution in [0.2, 0.25) is 0 Å². The number of benzene rings is 3. The van der Waals surface area contributed by atoms with Gasteiger partial charge in [-0.2, -0.15) is 5.10 Å². The molecule has 0 aromatic heterocycles. The number of piperazine rings is 1. The minimum absolute atomic E-state index is 0.176. The Morgan fingerprint density at radius 2 is 1.58 bits per heavy atom. The van der Waals surface area contributed by atoms with Gasteiger partial charge in [-0.05, 0) is 65.7 Å². The topological polar surface area (TPSA) is 116 Å². The maximum atomic E-state index is 13.1. The number of hydrazone groups is 1. The van der Waals surface area contributed by atoms with E-state index in [0.29, 0.717) is 48.6 Å². The predicted octanol–water partition coefficient (Wildman–Crippen LogP) is 3.45. The molecule has 0 spiro atoms. The molecular weight excluding hydrogens is 640 g/mol. The summed E-state index contributed by atoms with van der Waals surface area (Å²) in [5.41, 5.74) is 5.54. The van der Waals surface area contributed by atoms with Crippen molar-refractivity contribution >= 4 is 45.6 Å². The summed E-state index contributed by atoms with van der Waals surface area (Å²) in [5, 5.41) is 6.91. The minimum atomic E-state index is -0.461. The molecule has 11 nitrogen and oxygen atoms in total. The summed E-state index contributed by atoms with van der Waals surface area (Å²) in [6, 6.07) is 19.8. The number of hydrogen-bond donors (Lipinski definition) is 2. The molecule has 2 aliphatic rings. The number of anilines is 1. The number of halogens is 1. The number of methoxy groups -OCH3 is 1. The molecule has 236 valence electrons. The van der Waals surface area contributed by atoms with Crippen molar-refractivity contribution < 1.29 is 23.9 Å². The van der Waals surface area contributed by atoms with E-state index in [9.17, 15) is 14.4 Å². The number of morpholine rings is 1. The number of carbonyl (C=O) groups excluding carboxylic acids is 3. The number of hydrogen-bond acceptors (Lipinski definition) is 8. The van der Waals surface area contributed by atoms with Gasteiger partial charge in [0.2, 0.25) is 5.91 Å². The van der Waals surface area contributed by atoms with Crippen LogP contribution in [0.4, 0.5) is 5.69 Å². The van der Waals surface area contributed by atoms with Crippen molar-refractivity contribution in [1.82, 2.24) is 20.1 Å². The zero-order valence-electron chi connectivity index (χ0n) is 25.2. The van der Waals surface area contributed by atoms with Crippen LogP contribution < -0.4 is 15.5 Å². The zero-order chi connectivity index (χ0) is 31.6. The number of nitrogens with one attached hydrogen (secondary N) is 2. The van der Waals surface area contributed by atoms with Crippen LogP contribution in [0, 0.1) is 0 Å². The number of nitrogens with zero attached hydrogens (tertiary/aromatic N) is 4. The van der Waals surface area contributed by atoms with Crippen LogP contribution in [0.3, 0.4) is 0 Å². The van der Waals surface area contributed by atoms with Gasteiger partial charge in [-0.25, -0.2) is 5.43 Å². The summed E-state index contributed by atoms with van der Waals surface area (Å²) in [6.45, 7) is 7.22. The Hall–Kier alpha value is -4.10. The molecule has 0 unspecified atom stereocenters. The number of carbonyl (C=O) groups is 3. The van der Waals surface area contributed by atoms with E-state index in [4.69, 9.17) is 9.47 Å². The summed E-state index contributed by atoms with van der Waals surface area (Å²) in [5.74, 6) is 0.120. The third-order valence-corrected chi connectivity index (χ3v) is 8.27. The number of rotatable bonds is 10. The SMILES string of the molecule is COc1ccc(/C=N/NC(=O)c2cc(Br)ccc2NC(=O)c2ccc(CN3CCN(CC(=O)N4CCOCC4)CC3)cc2)cc1. The Morgan fingerprint density at radius 3 is 2.27 bits per heavy atom. The first kappa shape index (κ1) is 32.3. The van der Waals surface area contributed by atoms with E-state index in [1.165, 1.54) is 6.21 Å². The molecule has 3 aromatic carbocycles. The van der Waals surface area contributed by atoms with Gasteiger partial charge in [0.15, 0.2) is 0 Å². The van der Waals surface area contributed by atoms with Crippen LogP contribution in [0.25, 0.3) is 0 Å². The van der Waals surface area contributed by atoms with E-state index in [-0.39, 0.29) is 17.4 Å². The highest BCUT2D eigenvalue weighted by Crippen LogP contribution is 2.22. The van der Waals surface area contributed by atoms with Crippen molar-refractivity contribution in [2.75, 3.05) is 71.5 Å². The van der Waals surface area contributed by atoms with Crippen molar-refractivity contribution in [3.8, 4) is 5.75 Å². The monoisotopic (exact) mass is 676 g/mol. The Balaban J connectivity index is 1.11. The summed E-state index contributed by atoms with van der Waals surface area (Å²) in [7, 11) is 1.59. The van der Waals surface area contributed by atoms with E-state index in [0.717, 1.165) is 49.6 Å². The second-order valence-electron chi connectivity index (χ2n) is 10.9. The van der Waals surface area contributed by atoms with Crippen LogP contribution in [0.1, 0.15) is 31.8 Å². The molecule has 2 N–H and O–H groups in total. The molecule has 0 saturated carbocycles. The molecule has 0 aliphatic carbocycles. The molecule has 2 fully saturated rings. The summed E-state index contributed by atoms with van der Waals surface area (Å²) in [6.07, 6.45) is 1.53. The lowest BCUT2D eigenvalue weighted by Crippen LogP contribution is -2.51. The van der Waals surface area contributed by atoms with Crippen molar-refractivity contribution in [3.05, 3.63) is 93.5 Å². The fourth-order valence-electron chi connectivity index (χ4n) is 5.15. The summed E-state index contributed by atoms with van der Waals surface area (Å²) in [4.78, 5) is 45.1. The lowest BCUT2D eigenvalue weighted by Gasteiger charge is -2.36. The van der Waals surface area contributed by atoms with Gasteiger partial charge in [0, 0.05) is 55.8 Å². The first-order chi connectivity index (χ1) is 21.9. The van der Waals surface area contributed by atoms with Gasteiger partial charge in [-0.3, -0.25) is 24.2 Å². The maximum Gasteiger partial charge on any atom is 0.273 e. The van der Waals surface area contributed by atoms with E-state index in [2.05, 4.69) is 41.6 Å². The van der Waals surface area contributed by atoms with Crippen LogP contribution in [-0.2, 0) is 16.1 Å². The third-order valence-electron chi connectivity index (χ3n) is 7.78. The average Bonchev–Trinajstić information content (AvgIpc) is 3.07. The van der Waals surface area contributed by atoms with Crippen molar-refractivity contribution in [2.45, 2.75) is 6.54 Å². The van der Waals surface area contributed by atoms with E-state index in [1.807, 2.05) is 29.2 Å². The molecule has 2 aliphatic heterocycles. The van der Waals surface area contributed by atoms with E-state index in [1.54, 1.807) is 49.6 Å². The second-order valence-corrected chi connectivity index (χ2v) is 11.8. The van der Waals surface area contributed by atoms with Gasteiger partial charge in [-0.1, -0.05) is 28.1 Å². The Morgan fingerprint density at radius 1 is 0.889 bits per heavy atom. The lowest BCUT2D eigenvalue weighted by atomic mass is 10.1. The molecule has 2 saturated heterocycles. The first-order valence-electron chi connectivity index (χ1n) is 14.9. The quantitative estimate of drug-likeness (QED) is 0.250. The van der Waals surface area contributed by atoms with Crippen molar-refractivity contribution in [1.29, 1.82) is 0 Å². The standard InChI is InChI=1S/C33H37BrN6O5/c1-44-28-9-4-24(5-10-28)21-35-37-33(43)29-20-27(34)8-11-30(29)36-32(42)26-6-2-25(3-7-26)22-38-12-14-39(15-13-38)23-31(41)40-16-18-45-19-17-40/h2-11,20-21H,12-19,22-23H2,1H3,(H,36,42)(H,37,43)/b35-21+. The summed E-state index contributed by atoms with van der Waals surface area (Å²) < 4.78 is 11.2. The van der Waals surface area contributed by atoms with E-state index < -0.39 is 5.91 Å². The zero-order valence-corrected chi connectivity index (χ0v) is 26.8. The molecule has 12 heteroatoms. The van der Waals surface area contributed by atoms with E-state index >= 15 is 0 Å². The highest BCUT2D eigenvalue weighted by atomic mass is 79.9. The lowest BCUT2D eigenvalue weighted by molar-refractivity contribution is -0.136. The molecule has 0 atom stereocenters. The van der Waals surface area contributed by atoms with Crippen molar-refractivity contribution in [3.63, 3.8) is 0 Å². The highest BCUT2D eigenvalue weighted by Gasteiger charge is 2.23. The smallest absolute Gasteiger partial charge is 0.273 e. The minimum Gasteiger partial charge on any atom is -0.497 e. The van der Waals surface area contributed by atoms with Gasteiger partial charge in [0.05, 0.1) is 44.3 Å². The van der Waals surface area contributed by atoms with Gasteiger partial charge >= 0.3 is 0 Å².